The largest absolute Gasteiger partial charge is 0.305 e. The molecule has 0 saturated carbocycles. The molecule has 1 heteroatoms. The van der Waals surface area contributed by atoms with Crippen LogP contribution < -0.4 is 0 Å². The molecule has 0 aliphatic heterocycles. The molecular weight excluding hydrogens is 182 g/mol. The molecule has 0 amide bonds. The van der Waals surface area contributed by atoms with Gasteiger partial charge in [-0.3, -0.25) is 0 Å². The van der Waals surface area contributed by atoms with Gasteiger partial charge in [0.2, 0.25) is 0 Å². The van der Waals surface area contributed by atoms with Gasteiger partial charge in [-0.1, -0.05) is 24.8 Å². The highest BCUT2D eigenvalue weighted by Gasteiger charge is 2.11. The third-order valence-electron chi connectivity index (χ3n) is 3.01. The second-order valence-corrected chi connectivity index (χ2v) is 4.68. The van der Waals surface area contributed by atoms with E-state index in [1.165, 1.54) is 41.5 Å². The Morgan fingerprint density at radius 3 is 2.73 bits per heavy atom. The van der Waals surface area contributed by atoms with Gasteiger partial charge in [-0.05, 0) is 55.6 Å². The van der Waals surface area contributed by atoms with E-state index in [4.69, 9.17) is 0 Å². The molecule has 0 unspecified atom stereocenters. The fourth-order valence-corrected chi connectivity index (χ4v) is 2.26. The maximum absolute atomic E-state index is 4.15. The van der Waals surface area contributed by atoms with Crippen molar-refractivity contribution in [2.24, 2.45) is 0 Å². The first-order valence-corrected chi connectivity index (χ1v) is 5.61. The Morgan fingerprint density at radius 1 is 1.27 bits per heavy atom. The van der Waals surface area contributed by atoms with E-state index in [2.05, 4.69) is 43.8 Å². The fourth-order valence-electron chi connectivity index (χ4n) is 2.26. The van der Waals surface area contributed by atoms with Crippen molar-refractivity contribution in [3.8, 4) is 0 Å². The molecule has 15 heavy (non-hydrogen) atoms. The number of likely N-dealkylation sites (N-methyl/N-ethyl adjacent to an activating group) is 1. The smallest absolute Gasteiger partial charge is 0.0227 e. The van der Waals surface area contributed by atoms with E-state index >= 15 is 0 Å². The van der Waals surface area contributed by atoms with Crippen molar-refractivity contribution in [1.29, 1.82) is 0 Å². The summed E-state index contributed by atoms with van der Waals surface area (Å²) < 4.78 is 0. The lowest BCUT2D eigenvalue weighted by atomic mass is 10.0. The Bertz CT molecular complexity index is 377. The molecule has 0 radical (unpaired) electrons. The van der Waals surface area contributed by atoms with Gasteiger partial charge in [0.25, 0.3) is 0 Å². The zero-order valence-electron chi connectivity index (χ0n) is 9.71. The van der Waals surface area contributed by atoms with Crippen LogP contribution in [0.2, 0.25) is 0 Å². The Morgan fingerprint density at radius 2 is 2.00 bits per heavy atom. The molecule has 0 fully saturated rings. The first kappa shape index (κ1) is 10.4. The van der Waals surface area contributed by atoms with Crippen LogP contribution in [0.4, 0.5) is 0 Å². The van der Waals surface area contributed by atoms with E-state index in [-0.39, 0.29) is 0 Å². The molecule has 0 bridgehead atoms. The molecule has 1 aliphatic carbocycles. The summed E-state index contributed by atoms with van der Waals surface area (Å²) in [4.78, 5) is 2.16. The van der Waals surface area contributed by atoms with Crippen LogP contribution in [0.1, 0.15) is 23.1 Å². The lowest BCUT2D eigenvalue weighted by Crippen LogP contribution is -2.14. The lowest BCUT2D eigenvalue weighted by molar-refractivity contribution is 0.463. The SMILES string of the molecule is C=C(CN(C)C)c1ccc2c(c1)CCC2. The van der Waals surface area contributed by atoms with E-state index in [0.29, 0.717) is 0 Å². The number of benzene rings is 1. The number of rotatable bonds is 3. The molecule has 80 valence electrons. The van der Waals surface area contributed by atoms with Crippen LogP contribution in [0.5, 0.6) is 0 Å². The van der Waals surface area contributed by atoms with Crippen LogP contribution in [0.15, 0.2) is 24.8 Å². The van der Waals surface area contributed by atoms with Crippen LogP contribution in [0, 0.1) is 0 Å². The van der Waals surface area contributed by atoms with Crippen molar-refractivity contribution < 1.29 is 0 Å². The predicted octanol–water partition coefficient (Wildman–Crippen LogP) is 2.75. The Labute approximate surface area is 92.4 Å². The molecule has 1 nitrogen and oxygen atoms in total. The van der Waals surface area contributed by atoms with Crippen molar-refractivity contribution in [1.82, 2.24) is 4.90 Å². The highest BCUT2D eigenvalue weighted by molar-refractivity contribution is 5.66. The van der Waals surface area contributed by atoms with Crippen LogP contribution in [-0.2, 0) is 12.8 Å². The van der Waals surface area contributed by atoms with Crippen molar-refractivity contribution in [3.63, 3.8) is 0 Å². The van der Waals surface area contributed by atoms with Gasteiger partial charge in [0.1, 0.15) is 0 Å². The zero-order valence-corrected chi connectivity index (χ0v) is 9.71. The summed E-state index contributed by atoms with van der Waals surface area (Å²) in [6, 6.07) is 6.82. The highest BCUT2D eigenvalue weighted by atomic mass is 15.0. The summed E-state index contributed by atoms with van der Waals surface area (Å²) in [6.07, 6.45) is 3.83. The predicted molar refractivity (Wildman–Crippen MR) is 66.1 cm³/mol. The van der Waals surface area contributed by atoms with Crippen LogP contribution in [-0.4, -0.2) is 25.5 Å². The molecule has 0 aromatic heterocycles. The average Bonchev–Trinajstić information content (AvgIpc) is 2.62. The van der Waals surface area contributed by atoms with E-state index in [0.717, 1.165) is 6.54 Å². The van der Waals surface area contributed by atoms with Crippen molar-refractivity contribution in [3.05, 3.63) is 41.5 Å². The summed E-state index contributed by atoms with van der Waals surface area (Å²) in [6.45, 7) is 5.09. The monoisotopic (exact) mass is 201 g/mol. The average molecular weight is 201 g/mol. The van der Waals surface area contributed by atoms with Gasteiger partial charge in [0, 0.05) is 6.54 Å². The summed E-state index contributed by atoms with van der Waals surface area (Å²) in [5.41, 5.74) is 5.60. The summed E-state index contributed by atoms with van der Waals surface area (Å²) in [5, 5.41) is 0. The van der Waals surface area contributed by atoms with Crippen molar-refractivity contribution in [2.75, 3.05) is 20.6 Å². The standard InChI is InChI=1S/C14H19N/c1-11(10-15(2)3)13-8-7-12-5-4-6-14(12)9-13/h7-9H,1,4-6,10H2,2-3H3. The second kappa shape index (κ2) is 4.19. The summed E-state index contributed by atoms with van der Waals surface area (Å²) in [7, 11) is 4.16. The first-order valence-electron chi connectivity index (χ1n) is 5.61. The van der Waals surface area contributed by atoms with Gasteiger partial charge in [-0.2, -0.15) is 0 Å². The van der Waals surface area contributed by atoms with Crippen molar-refractivity contribution >= 4 is 5.57 Å². The van der Waals surface area contributed by atoms with E-state index in [1.807, 2.05) is 0 Å². The molecule has 0 atom stereocenters. The topological polar surface area (TPSA) is 3.24 Å². The van der Waals surface area contributed by atoms with Gasteiger partial charge in [0.05, 0.1) is 0 Å². The van der Waals surface area contributed by atoms with Crippen molar-refractivity contribution in [2.45, 2.75) is 19.3 Å². The van der Waals surface area contributed by atoms with Gasteiger partial charge in [-0.15, -0.1) is 0 Å². The normalized spacial score (nSPS) is 14.3. The molecule has 1 aromatic carbocycles. The van der Waals surface area contributed by atoms with E-state index in [9.17, 15) is 0 Å². The third-order valence-corrected chi connectivity index (χ3v) is 3.01. The first-order chi connectivity index (χ1) is 7.16. The van der Waals surface area contributed by atoms with Gasteiger partial charge >= 0.3 is 0 Å². The fraction of sp³-hybridized carbons (Fsp3) is 0.429. The van der Waals surface area contributed by atoms with E-state index in [1.54, 1.807) is 0 Å². The molecule has 2 rings (SSSR count). The maximum Gasteiger partial charge on any atom is 0.0227 e. The number of nitrogens with zero attached hydrogens (tertiary/aromatic N) is 1. The van der Waals surface area contributed by atoms with Gasteiger partial charge < -0.3 is 4.90 Å². The molecular formula is C14H19N. The quantitative estimate of drug-likeness (QED) is 0.727. The minimum atomic E-state index is 0.943. The number of hydrogen-bond acceptors (Lipinski definition) is 1. The Balaban J connectivity index is 2.19. The van der Waals surface area contributed by atoms with Crippen LogP contribution in [0.3, 0.4) is 0 Å². The minimum Gasteiger partial charge on any atom is -0.305 e. The molecule has 1 aromatic rings. The van der Waals surface area contributed by atoms with Gasteiger partial charge in [0.15, 0.2) is 0 Å². The Kier molecular flexibility index (Phi) is 2.92. The molecule has 0 heterocycles. The maximum atomic E-state index is 4.15. The zero-order chi connectivity index (χ0) is 10.8. The van der Waals surface area contributed by atoms with Crippen LogP contribution >= 0.6 is 0 Å². The summed E-state index contributed by atoms with van der Waals surface area (Å²) >= 11 is 0. The molecule has 0 N–H and O–H groups in total. The second-order valence-electron chi connectivity index (χ2n) is 4.68. The molecule has 0 saturated heterocycles. The van der Waals surface area contributed by atoms with Gasteiger partial charge in [-0.25, -0.2) is 0 Å². The Hall–Kier alpha value is -1.08. The lowest BCUT2D eigenvalue weighted by Gasteiger charge is -2.13. The minimum absolute atomic E-state index is 0.943. The van der Waals surface area contributed by atoms with Crippen LogP contribution in [0.25, 0.3) is 5.57 Å². The molecule has 1 aliphatic rings. The van der Waals surface area contributed by atoms with E-state index < -0.39 is 0 Å². The highest BCUT2D eigenvalue weighted by Crippen LogP contribution is 2.25. The third kappa shape index (κ3) is 2.29. The number of hydrogen-bond donors (Lipinski definition) is 0. The number of fused-ring (bicyclic) bond motifs is 1. The summed E-state index contributed by atoms with van der Waals surface area (Å²) in [5.74, 6) is 0. The molecule has 0 spiro atoms. The number of aryl methyl sites for hydroxylation is 2.